The minimum absolute atomic E-state index is 0.943. The van der Waals surface area contributed by atoms with Gasteiger partial charge in [-0.25, -0.2) is 4.98 Å². The van der Waals surface area contributed by atoms with E-state index in [4.69, 9.17) is 0 Å². The molecule has 2 heteroatoms. The highest BCUT2D eigenvalue weighted by Crippen LogP contribution is 2.17. The summed E-state index contributed by atoms with van der Waals surface area (Å²) in [6, 6.07) is 8.33. The molecule has 0 saturated carbocycles. The van der Waals surface area contributed by atoms with Gasteiger partial charge < -0.3 is 0 Å². The van der Waals surface area contributed by atoms with Crippen LogP contribution in [0.25, 0.3) is 11.3 Å². The highest BCUT2D eigenvalue weighted by molar-refractivity contribution is 5.58. The van der Waals surface area contributed by atoms with Crippen LogP contribution in [0.15, 0.2) is 30.5 Å². The molecule has 0 aliphatic rings. The van der Waals surface area contributed by atoms with Crippen molar-refractivity contribution in [3.63, 3.8) is 0 Å². The normalized spacial score (nSPS) is 10.3. The molecule has 1 heterocycles. The van der Waals surface area contributed by atoms with Crippen molar-refractivity contribution < 1.29 is 0 Å². The van der Waals surface area contributed by atoms with E-state index in [-0.39, 0.29) is 0 Å². The van der Waals surface area contributed by atoms with Gasteiger partial charge in [-0.2, -0.15) is 0 Å². The van der Waals surface area contributed by atoms with Crippen LogP contribution in [0.2, 0.25) is 0 Å². The summed E-state index contributed by atoms with van der Waals surface area (Å²) in [4.78, 5) is 8.83. The maximum atomic E-state index is 4.51. The highest BCUT2D eigenvalue weighted by atomic mass is 14.8. The van der Waals surface area contributed by atoms with Gasteiger partial charge in [0.15, 0.2) is 0 Å². The predicted octanol–water partition coefficient (Wildman–Crippen LogP) is 3.07. The zero-order valence-corrected chi connectivity index (χ0v) is 9.28. The number of hydrogen-bond acceptors (Lipinski definition) is 2. The molecule has 0 aliphatic heterocycles. The van der Waals surface area contributed by atoms with Crippen LogP contribution in [0.3, 0.4) is 0 Å². The summed E-state index contributed by atoms with van der Waals surface area (Å²) >= 11 is 0. The second-order valence-electron chi connectivity index (χ2n) is 3.79. The summed E-state index contributed by atoms with van der Waals surface area (Å²) in [6.07, 6.45) is 1.83. The van der Waals surface area contributed by atoms with E-state index in [1.807, 2.05) is 20.0 Å². The fraction of sp³-hybridized carbons (Fsp3) is 0.231. The first-order chi connectivity index (χ1) is 7.16. The average Bonchev–Trinajstić information content (AvgIpc) is 2.23. The minimum atomic E-state index is 0.943. The molecule has 0 atom stereocenters. The van der Waals surface area contributed by atoms with E-state index < -0.39 is 0 Å². The molecular weight excluding hydrogens is 184 g/mol. The molecule has 0 spiro atoms. The first kappa shape index (κ1) is 9.84. The van der Waals surface area contributed by atoms with Gasteiger partial charge in [-0.1, -0.05) is 29.8 Å². The number of aryl methyl sites for hydroxylation is 3. The lowest BCUT2D eigenvalue weighted by Crippen LogP contribution is -1.93. The molecule has 2 nitrogen and oxygen atoms in total. The van der Waals surface area contributed by atoms with Gasteiger partial charge in [-0.15, -0.1) is 0 Å². The molecule has 0 N–H and O–H groups in total. The van der Waals surface area contributed by atoms with Gasteiger partial charge in [0, 0.05) is 5.56 Å². The zero-order chi connectivity index (χ0) is 10.8. The van der Waals surface area contributed by atoms with Gasteiger partial charge in [0.2, 0.25) is 0 Å². The summed E-state index contributed by atoms with van der Waals surface area (Å²) in [5.74, 6) is 0. The molecule has 0 fully saturated rings. The van der Waals surface area contributed by atoms with Gasteiger partial charge in [0.05, 0.1) is 23.3 Å². The van der Waals surface area contributed by atoms with Crippen molar-refractivity contribution in [2.24, 2.45) is 0 Å². The fourth-order valence-electron chi connectivity index (χ4n) is 1.41. The van der Waals surface area contributed by atoms with Crippen LogP contribution in [0, 0.1) is 20.8 Å². The Kier molecular flexibility index (Phi) is 2.50. The third-order valence-corrected chi connectivity index (χ3v) is 2.54. The van der Waals surface area contributed by atoms with Gasteiger partial charge in [0.25, 0.3) is 0 Å². The molecule has 0 aliphatic carbocycles. The number of nitrogens with zero attached hydrogens (tertiary/aromatic N) is 2. The lowest BCUT2D eigenvalue weighted by molar-refractivity contribution is 1.05. The molecule has 76 valence electrons. The molecule has 0 amide bonds. The third kappa shape index (κ3) is 2.04. The van der Waals surface area contributed by atoms with Gasteiger partial charge in [0.1, 0.15) is 0 Å². The van der Waals surface area contributed by atoms with Crippen molar-refractivity contribution in [1.29, 1.82) is 0 Å². The Labute approximate surface area is 90.0 Å². The lowest BCUT2D eigenvalue weighted by Gasteiger charge is -2.03. The standard InChI is InChI=1S/C13H14N2/c1-9-4-6-12(7-5-9)13-8-14-10(2)11(3)15-13/h4-8H,1-3H3. The summed E-state index contributed by atoms with van der Waals surface area (Å²) in [7, 11) is 0. The maximum Gasteiger partial charge on any atom is 0.0888 e. The van der Waals surface area contributed by atoms with Crippen molar-refractivity contribution in [3.05, 3.63) is 47.4 Å². The van der Waals surface area contributed by atoms with Crippen LogP contribution in [0.5, 0.6) is 0 Å². The Morgan fingerprint density at radius 3 is 2.13 bits per heavy atom. The van der Waals surface area contributed by atoms with Crippen molar-refractivity contribution in [2.75, 3.05) is 0 Å². The second-order valence-corrected chi connectivity index (χ2v) is 3.79. The fourth-order valence-corrected chi connectivity index (χ4v) is 1.41. The largest absolute Gasteiger partial charge is 0.257 e. The molecule has 0 radical (unpaired) electrons. The minimum Gasteiger partial charge on any atom is -0.257 e. The van der Waals surface area contributed by atoms with Crippen molar-refractivity contribution in [3.8, 4) is 11.3 Å². The van der Waals surface area contributed by atoms with Crippen LogP contribution in [0.1, 0.15) is 17.0 Å². The van der Waals surface area contributed by atoms with E-state index in [2.05, 4.69) is 41.2 Å². The van der Waals surface area contributed by atoms with Gasteiger partial charge in [-0.3, -0.25) is 4.98 Å². The van der Waals surface area contributed by atoms with E-state index in [1.165, 1.54) is 5.56 Å². The molecular formula is C13H14N2. The van der Waals surface area contributed by atoms with E-state index in [9.17, 15) is 0 Å². The summed E-state index contributed by atoms with van der Waals surface area (Å²) in [5, 5.41) is 0. The Balaban J connectivity index is 2.45. The van der Waals surface area contributed by atoms with Crippen LogP contribution < -0.4 is 0 Å². The topological polar surface area (TPSA) is 25.8 Å². The van der Waals surface area contributed by atoms with Gasteiger partial charge in [-0.05, 0) is 20.8 Å². The van der Waals surface area contributed by atoms with Crippen molar-refractivity contribution in [2.45, 2.75) is 20.8 Å². The third-order valence-electron chi connectivity index (χ3n) is 2.54. The monoisotopic (exact) mass is 198 g/mol. The summed E-state index contributed by atoms with van der Waals surface area (Å²) in [6.45, 7) is 6.04. The number of rotatable bonds is 1. The van der Waals surface area contributed by atoms with Gasteiger partial charge >= 0.3 is 0 Å². The van der Waals surface area contributed by atoms with Crippen LogP contribution in [-0.4, -0.2) is 9.97 Å². The number of aromatic nitrogens is 2. The lowest BCUT2D eigenvalue weighted by atomic mass is 10.1. The Morgan fingerprint density at radius 1 is 0.867 bits per heavy atom. The van der Waals surface area contributed by atoms with Crippen LogP contribution >= 0.6 is 0 Å². The maximum absolute atomic E-state index is 4.51. The van der Waals surface area contributed by atoms with Crippen LogP contribution in [0.4, 0.5) is 0 Å². The van der Waals surface area contributed by atoms with Crippen molar-refractivity contribution >= 4 is 0 Å². The van der Waals surface area contributed by atoms with E-state index in [1.54, 1.807) is 0 Å². The van der Waals surface area contributed by atoms with Crippen molar-refractivity contribution in [1.82, 2.24) is 9.97 Å². The Hall–Kier alpha value is -1.70. The van der Waals surface area contributed by atoms with Crippen LogP contribution in [-0.2, 0) is 0 Å². The summed E-state index contributed by atoms with van der Waals surface area (Å²) < 4.78 is 0. The quantitative estimate of drug-likeness (QED) is 0.703. The smallest absolute Gasteiger partial charge is 0.0888 e. The number of hydrogen-bond donors (Lipinski definition) is 0. The zero-order valence-electron chi connectivity index (χ0n) is 9.28. The van der Waals surface area contributed by atoms with E-state index >= 15 is 0 Å². The molecule has 15 heavy (non-hydrogen) atoms. The van der Waals surface area contributed by atoms with E-state index in [0.717, 1.165) is 22.6 Å². The first-order valence-corrected chi connectivity index (χ1v) is 5.04. The Morgan fingerprint density at radius 2 is 1.53 bits per heavy atom. The molecule has 1 aromatic heterocycles. The summed E-state index contributed by atoms with van der Waals surface area (Å²) in [5.41, 5.74) is 5.31. The molecule has 0 unspecified atom stereocenters. The molecule has 2 rings (SSSR count). The van der Waals surface area contributed by atoms with E-state index in [0.29, 0.717) is 0 Å². The Bertz CT molecular complexity index is 472. The molecule has 1 aromatic carbocycles. The molecule has 0 saturated heterocycles. The second kappa shape index (κ2) is 3.81. The molecule has 0 bridgehead atoms. The predicted molar refractivity (Wildman–Crippen MR) is 61.7 cm³/mol. The highest BCUT2D eigenvalue weighted by Gasteiger charge is 2.01. The average molecular weight is 198 g/mol. The first-order valence-electron chi connectivity index (χ1n) is 5.04. The molecule has 2 aromatic rings. The number of benzene rings is 1. The SMILES string of the molecule is Cc1ccc(-c2cnc(C)c(C)n2)cc1.